The van der Waals surface area contributed by atoms with Crippen molar-refractivity contribution in [3.63, 3.8) is 0 Å². The van der Waals surface area contributed by atoms with E-state index in [1.54, 1.807) is 6.92 Å². The van der Waals surface area contributed by atoms with Crippen molar-refractivity contribution in [1.29, 1.82) is 0 Å². The number of carboxylic acid groups (broad SMARTS) is 1. The molecule has 0 fully saturated rings. The fourth-order valence-electron chi connectivity index (χ4n) is 1.11. The van der Waals surface area contributed by atoms with Crippen LogP contribution >= 0.6 is 15.9 Å². The average Bonchev–Trinajstić information content (AvgIpc) is 2.20. The van der Waals surface area contributed by atoms with Gasteiger partial charge in [-0.25, -0.2) is 4.79 Å². The second-order valence-electron chi connectivity index (χ2n) is 3.10. The van der Waals surface area contributed by atoms with E-state index in [0.717, 1.165) is 0 Å². The summed E-state index contributed by atoms with van der Waals surface area (Å²) in [5.41, 5.74) is 0.174. The molecule has 6 nitrogen and oxygen atoms in total. The zero-order valence-corrected chi connectivity index (χ0v) is 11.3. The van der Waals surface area contributed by atoms with Crippen LogP contribution in [0.1, 0.15) is 17.3 Å². The first-order valence-corrected chi connectivity index (χ1v) is 6.93. The minimum absolute atomic E-state index is 0.00222. The lowest BCUT2D eigenvalue weighted by Crippen LogP contribution is -2.29. The minimum Gasteiger partial charge on any atom is -0.478 e. The van der Waals surface area contributed by atoms with Crippen LogP contribution < -0.4 is 9.44 Å². The Labute approximate surface area is 107 Å². The Morgan fingerprint density at radius 1 is 1.47 bits per heavy atom. The highest BCUT2D eigenvalue weighted by molar-refractivity contribution is 9.10. The van der Waals surface area contributed by atoms with E-state index >= 15 is 0 Å². The van der Waals surface area contributed by atoms with Crippen LogP contribution in [0.5, 0.6) is 0 Å². The molecular weight excluding hydrogens is 312 g/mol. The highest BCUT2D eigenvalue weighted by atomic mass is 79.9. The number of halogens is 1. The molecule has 0 aliphatic rings. The van der Waals surface area contributed by atoms with E-state index in [9.17, 15) is 13.2 Å². The SMILES string of the molecule is CCNS(=O)(=O)Nc1cc(C(=O)O)ccc1Br. The van der Waals surface area contributed by atoms with E-state index in [1.807, 2.05) is 0 Å². The second-order valence-corrected chi connectivity index (χ2v) is 5.46. The monoisotopic (exact) mass is 322 g/mol. The number of carbonyl (C=O) groups is 1. The van der Waals surface area contributed by atoms with Crippen molar-refractivity contribution in [1.82, 2.24) is 4.72 Å². The maximum absolute atomic E-state index is 11.4. The molecule has 0 radical (unpaired) electrons. The number of rotatable bonds is 5. The molecule has 8 heteroatoms. The first kappa shape index (κ1) is 13.9. The van der Waals surface area contributed by atoms with Crippen molar-refractivity contribution in [3.05, 3.63) is 28.2 Å². The quantitative estimate of drug-likeness (QED) is 0.763. The molecule has 17 heavy (non-hydrogen) atoms. The van der Waals surface area contributed by atoms with Gasteiger partial charge in [0.1, 0.15) is 0 Å². The van der Waals surface area contributed by atoms with E-state index in [2.05, 4.69) is 25.4 Å². The van der Waals surface area contributed by atoms with Crippen LogP contribution in [-0.4, -0.2) is 26.0 Å². The van der Waals surface area contributed by atoms with Gasteiger partial charge >= 0.3 is 5.97 Å². The van der Waals surface area contributed by atoms with E-state index in [4.69, 9.17) is 5.11 Å². The standard InChI is InChI=1S/C9H11BrN2O4S/c1-2-11-17(15,16)12-8-5-6(9(13)14)3-4-7(8)10/h3-5,11-12H,2H2,1H3,(H,13,14). The molecule has 0 aromatic heterocycles. The van der Waals surface area contributed by atoms with Crippen molar-refractivity contribution in [3.8, 4) is 0 Å². The molecule has 3 N–H and O–H groups in total. The molecule has 1 aromatic rings. The Bertz CT molecular complexity index is 530. The molecule has 0 amide bonds. The highest BCUT2D eigenvalue weighted by Gasteiger charge is 2.12. The molecule has 1 rings (SSSR count). The minimum atomic E-state index is -3.67. The van der Waals surface area contributed by atoms with Crippen LogP contribution in [0.4, 0.5) is 5.69 Å². The first-order chi connectivity index (χ1) is 7.85. The molecule has 0 atom stereocenters. The molecule has 0 aliphatic heterocycles. The molecule has 0 saturated carbocycles. The van der Waals surface area contributed by atoms with Gasteiger partial charge in [0, 0.05) is 11.0 Å². The molecule has 0 unspecified atom stereocenters. The predicted molar refractivity (Wildman–Crippen MR) is 67.3 cm³/mol. The Morgan fingerprint density at radius 3 is 2.65 bits per heavy atom. The summed E-state index contributed by atoms with van der Waals surface area (Å²) in [5.74, 6) is -1.12. The van der Waals surface area contributed by atoms with Crippen molar-refractivity contribution in [2.24, 2.45) is 0 Å². The normalized spacial score (nSPS) is 11.2. The Kier molecular flexibility index (Phi) is 4.49. The Hall–Kier alpha value is -1.12. The molecule has 0 heterocycles. The summed E-state index contributed by atoms with van der Waals surface area (Å²) in [6, 6.07) is 4.08. The van der Waals surface area contributed by atoms with Crippen LogP contribution in [0.2, 0.25) is 0 Å². The van der Waals surface area contributed by atoms with Crippen molar-refractivity contribution < 1.29 is 18.3 Å². The van der Waals surface area contributed by atoms with Crippen LogP contribution in [0, 0.1) is 0 Å². The summed E-state index contributed by atoms with van der Waals surface area (Å²) < 4.78 is 27.8. The summed E-state index contributed by atoms with van der Waals surface area (Å²) in [7, 11) is -3.67. The van der Waals surface area contributed by atoms with Gasteiger partial charge in [-0.1, -0.05) is 6.92 Å². The summed E-state index contributed by atoms with van der Waals surface area (Å²) in [4.78, 5) is 10.7. The largest absolute Gasteiger partial charge is 0.478 e. The number of hydrogen-bond acceptors (Lipinski definition) is 3. The summed E-state index contributed by atoms with van der Waals surface area (Å²) >= 11 is 3.14. The number of anilines is 1. The smallest absolute Gasteiger partial charge is 0.335 e. The maximum Gasteiger partial charge on any atom is 0.335 e. The summed E-state index contributed by atoms with van der Waals surface area (Å²) in [6.07, 6.45) is 0. The maximum atomic E-state index is 11.4. The van der Waals surface area contributed by atoms with Gasteiger partial charge in [0.15, 0.2) is 0 Å². The van der Waals surface area contributed by atoms with E-state index in [-0.39, 0.29) is 17.8 Å². The van der Waals surface area contributed by atoms with Gasteiger partial charge in [0.2, 0.25) is 0 Å². The number of carboxylic acids is 1. The molecule has 0 saturated heterocycles. The van der Waals surface area contributed by atoms with E-state index in [0.29, 0.717) is 4.47 Å². The highest BCUT2D eigenvalue weighted by Crippen LogP contribution is 2.24. The topological polar surface area (TPSA) is 95.5 Å². The van der Waals surface area contributed by atoms with Crippen molar-refractivity contribution >= 4 is 37.8 Å². The first-order valence-electron chi connectivity index (χ1n) is 4.66. The van der Waals surface area contributed by atoms with Gasteiger partial charge in [-0.05, 0) is 34.1 Å². The van der Waals surface area contributed by atoms with Crippen LogP contribution in [0.3, 0.4) is 0 Å². The third kappa shape index (κ3) is 3.99. The zero-order chi connectivity index (χ0) is 13.1. The molecule has 0 aliphatic carbocycles. The van der Waals surface area contributed by atoms with Gasteiger partial charge < -0.3 is 5.11 Å². The van der Waals surface area contributed by atoms with Gasteiger partial charge in [0.25, 0.3) is 10.2 Å². The number of benzene rings is 1. The Morgan fingerprint density at radius 2 is 2.12 bits per heavy atom. The second kappa shape index (κ2) is 5.48. The van der Waals surface area contributed by atoms with Gasteiger partial charge in [0.05, 0.1) is 11.3 Å². The number of aromatic carboxylic acids is 1. The van der Waals surface area contributed by atoms with Crippen molar-refractivity contribution in [2.75, 3.05) is 11.3 Å². The van der Waals surface area contributed by atoms with Crippen molar-refractivity contribution in [2.45, 2.75) is 6.92 Å². The lowest BCUT2D eigenvalue weighted by atomic mass is 10.2. The molecule has 94 valence electrons. The summed E-state index contributed by atoms with van der Waals surface area (Å²) in [5, 5.41) is 8.79. The molecule has 0 bridgehead atoms. The third-order valence-corrected chi connectivity index (χ3v) is 3.64. The van der Waals surface area contributed by atoms with Gasteiger partial charge in [-0.2, -0.15) is 13.1 Å². The van der Waals surface area contributed by atoms with Crippen LogP contribution in [0.15, 0.2) is 22.7 Å². The van der Waals surface area contributed by atoms with Gasteiger partial charge in [-0.15, -0.1) is 0 Å². The zero-order valence-electron chi connectivity index (χ0n) is 8.90. The molecule has 0 spiro atoms. The Balaban J connectivity index is 3.06. The number of nitrogens with one attached hydrogen (secondary N) is 2. The molecular formula is C9H11BrN2O4S. The lowest BCUT2D eigenvalue weighted by molar-refractivity contribution is 0.0697. The van der Waals surface area contributed by atoms with E-state index < -0.39 is 16.2 Å². The van der Waals surface area contributed by atoms with Gasteiger partial charge in [-0.3, -0.25) is 4.72 Å². The third-order valence-electron chi connectivity index (χ3n) is 1.79. The van der Waals surface area contributed by atoms with Crippen LogP contribution in [-0.2, 0) is 10.2 Å². The predicted octanol–water partition coefficient (Wildman–Crippen LogP) is 1.41. The fraction of sp³-hybridized carbons (Fsp3) is 0.222. The fourth-order valence-corrected chi connectivity index (χ4v) is 2.49. The molecule has 1 aromatic carbocycles. The van der Waals surface area contributed by atoms with Crippen LogP contribution in [0.25, 0.3) is 0 Å². The number of hydrogen-bond donors (Lipinski definition) is 3. The average molecular weight is 323 g/mol. The lowest BCUT2D eigenvalue weighted by Gasteiger charge is -2.10. The summed E-state index contributed by atoms with van der Waals surface area (Å²) in [6.45, 7) is 1.88. The van der Waals surface area contributed by atoms with E-state index in [1.165, 1.54) is 18.2 Å².